The Balaban J connectivity index is 2.36. The number of rotatable bonds is 4. The van der Waals surface area contributed by atoms with Gasteiger partial charge in [-0.3, -0.25) is 0 Å². The molecule has 0 bridgehead atoms. The first-order valence-corrected chi connectivity index (χ1v) is 5.35. The molecule has 2 N–H and O–H groups in total. The molecule has 0 aliphatic rings. The molecule has 0 aromatic carbocycles. The molecular formula is C12H14N4O2. The standard InChI is InChI=1S/C12H14N4O2/c1-17-7-11-15-9(5-10(13)16-11)8-3-4-12(18-2)14-6-8/h3-6H,7H2,1-2H3,(H2,13,15,16). The molecule has 6 nitrogen and oxygen atoms in total. The number of nitrogen functional groups attached to an aromatic ring is 1. The molecule has 0 aliphatic carbocycles. The molecule has 0 radical (unpaired) electrons. The lowest BCUT2D eigenvalue weighted by molar-refractivity contribution is 0.178. The summed E-state index contributed by atoms with van der Waals surface area (Å²) < 4.78 is 10.00. The molecule has 94 valence electrons. The summed E-state index contributed by atoms with van der Waals surface area (Å²) in [4.78, 5) is 12.6. The summed E-state index contributed by atoms with van der Waals surface area (Å²) in [6.07, 6.45) is 1.68. The largest absolute Gasteiger partial charge is 0.481 e. The maximum Gasteiger partial charge on any atom is 0.212 e. The maximum absolute atomic E-state index is 5.73. The van der Waals surface area contributed by atoms with Crippen molar-refractivity contribution in [3.05, 3.63) is 30.2 Å². The van der Waals surface area contributed by atoms with E-state index in [4.69, 9.17) is 15.2 Å². The van der Waals surface area contributed by atoms with Gasteiger partial charge in [-0.05, 0) is 6.07 Å². The SMILES string of the molecule is COCc1nc(N)cc(-c2ccc(OC)nc2)n1. The predicted octanol–water partition coefficient (Wildman–Crippen LogP) is 1.28. The van der Waals surface area contributed by atoms with Crippen LogP contribution >= 0.6 is 0 Å². The Morgan fingerprint density at radius 1 is 1.22 bits per heavy atom. The van der Waals surface area contributed by atoms with Crippen molar-refractivity contribution >= 4 is 5.82 Å². The highest BCUT2D eigenvalue weighted by Gasteiger charge is 2.06. The molecule has 0 aliphatic heterocycles. The highest BCUT2D eigenvalue weighted by atomic mass is 16.5. The average Bonchev–Trinajstić information content (AvgIpc) is 2.38. The number of hydrogen-bond acceptors (Lipinski definition) is 6. The van der Waals surface area contributed by atoms with Gasteiger partial charge in [0.25, 0.3) is 0 Å². The van der Waals surface area contributed by atoms with E-state index in [1.54, 1.807) is 32.5 Å². The van der Waals surface area contributed by atoms with Crippen LogP contribution in [-0.4, -0.2) is 29.2 Å². The van der Waals surface area contributed by atoms with Gasteiger partial charge in [0.2, 0.25) is 5.88 Å². The second kappa shape index (κ2) is 5.42. The van der Waals surface area contributed by atoms with Gasteiger partial charge in [0.05, 0.1) is 12.8 Å². The zero-order chi connectivity index (χ0) is 13.0. The van der Waals surface area contributed by atoms with E-state index in [9.17, 15) is 0 Å². The lowest BCUT2D eigenvalue weighted by atomic mass is 10.2. The van der Waals surface area contributed by atoms with Crippen molar-refractivity contribution in [1.82, 2.24) is 15.0 Å². The Labute approximate surface area is 105 Å². The number of pyridine rings is 1. The van der Waals surface area contributed by atoms with E-state index in [0.717, 1.165) is 5.56 Å². The van der Waals surface area contributed by atoms with Gasteiger partial charge in [0.15, 0.2) is 5.82 Å². The first kappa shape index (κ1) is 12.3. The van der Waals surface area contributed by atoms with Gasteiger partial charge in [0.1, 0.15) is 12.4 Å². The molecule has 2 aromatic rings. The third-order valence-electron chi connectivity index (χ3n) is 2.31. The predicted molar refractivity (Wildman–Crippen MR) is 66.9 cm³/mol. The van der Waals surface area contributed by atoms with Crippen LogP contribution in [0.5, 0.6) is 5.88 Å². The number of methoxy groups -OCH3 is 2. The topological polar surface area (TPSA) is 83.2 Å². The normalized spacial score (nSPS) is 10.3. The molecule has 0 unspecified atom stereocenters. The van der Waals surface area contributed by atoms with Crippen molar-refractivity contribution in [2.75, 3.05) is 20.0 Å². The first-order chi connectivity index (χ1) is 8.72. The summed E-state index contributed by atoms with van der Waals surface area (Å²) in [6.45, 7) is 0.321. The lowest BCUT2D eigenvalue weighted by Crippen LogP contribution is -2.02. The summed E-state index contributed by atoms with van der Waals surface area (Å²) in [7, 11) is 3.16. The minimum Gasteiger partial charge on any atom is -0.481 e. The minimum absolute atomic E-state index is 0.321. The number of aromatic nitrogens is 3. The number of anilines is 1. The van der Waals surface area contributed by atoms with Gasteiger partial charge in [-0.2, -0.15) is 0 Å². The molecule has 0 amide bonds. The van der Waals surface area contributed by atoms with Crippen LogP contribution in [0.4, 0.5) is 5.82 Å². The molecule has 0 fully saturated rings. The van der Waals surface area contributed by atoms with E-state index < -0.39 is 0 Å². The van der Waals surface area contributed by atoms with Gasteiger partial charge < -0.3 is 15.2 Å². The van der Waals surface area contributed by atoms with Gasteiger partial charge in [-0.25, -0.2) is 15.0 Å². The molecule has 0 atom stereocenters. The van der Waals surface area contributed by atoms with E-state index in [1.165, 1.54) is 0 Å². The highest BCUT2D eigenvalue weighted by Crippen LogP contribution is 2.20. The van der Waals surface area contributed by atoms with Crippen LogP contribution in [0.3, 0.4) is 0 Å². The smallest absolute Gasteiger partial charge is 0.212 e. The summed E-state index contributed by atoms with van der Waals surface area (Å²) in [5, 5.41) is 0. The Bertz CT molecular complexity index is 528. The van der Waals surface area contributed by atoms with Crippen molar-refractivity contribution in [2.45, 2.75) is 6.61 Å². The van der Waals surface area contributed by atoms with Crippen LogP contribution in [0.1, 0.15) is 5.82 Å². The number of ether oxygens (including phenoxy) is 2. The van der Waals surface area contributed by atoms with Crippen molar-refractivity contribution in [2.24, 2.45) is 0 Å². The number of hydrogen-bond donors (Lipinski definition) is 1. The van der Waals surface area contributed by atoms with Crippen molar-refractivity contribution in [1.29, 1.82) is 0 Å². The van der Waals surface area contributed by atoms with Gasteiger partial charge in [-0.1, -0.05) is 0 Å². The fraction of sp³-hybridized carbons (Fsp3) is 0.250. The van der Waals surface area contributed by atoms with E-state index in [0.29, 0.717) is 29.8 Å². The second-order valence-corrected chi connectivity index (χ2v) is 3.62. The summed E-state index contributed by atoms with van der Waals surface area (Å²) in [5.41, 5.74) is 7.29. The molecule has 2 aromatic heterocycles. The van der Waals surface area contributed by atoms with Crippen molar-refractivity contribution in [3.63, 3.8) is 0 Å². The molecule has 18 heavy (non-hydrogen) atoms. The maximum atomic E-state index is 5.73. The van der Waals surface area contributed by atoms with Crippen LogP contribution in [0.15, 0.2) is 24.4 Å². The minimum atomic E-state index is 0.321. The molecule has 0 saturated carbocycles. The highest BCUT2D eigenvalue weighted by molar-refractivity contribution is 5.61. The van der Waals surface area contributed by atoms with Crippen LogP contribution < -0.4 is 10.5 Å². The fourth-order valence-corrected chi connectivity index (χ4v) is 1.51. The van der Waals surface area contributed by atoms with E-state index in [1.807, 2.05) is 6.07 Å². The Hall–Kier alpha value is -2.21. The summed E-state index contributed by atoms with van der Waals surface area (Å²) in [6, 6.07) is 5.33. The second-order valence-electron chi connectivity index (χ2n) is 3.62. The van der Waals surface area contributed by atoms with Crippen LogP contribution in [0, 0.1) is 0 Å². The van der Waals surface area contributed by atoms with Crippen molar-refractivity contribution in [3.8, 4) is 17.1 Å². The Morgan fingerprint density at radius 3 is 2.67 bits per heavy atom. The zero-order valence-electron chi connectivity index (χ0n) is 10.3. The summed E-state index contributed by atoms with van der Waals surface area (Å²) in [5.74, 6) is 1.50. The van der Waals surface area contributed by atoms with E-state index >= 15 is 0 Å². The van der Waals surface area contributed by atoms with Crippen molar-refractivity contribution < 1.29 is 9.47 Å². The van der Waals surface area contributed by atoms with Gasteiger partial charge >= 0.3 is 0 Å². The van der Waals surface area contributed by atoms with Crippen LogP contribution in [-0.2, 0) is 11.3 Å². The molecular weight excluding hydrogens is 232 g/mol. The molecule has 6 heteroatoms. The Kier molecular flexibility index (Phi) is 3.69. The summed E-state index contributed by atoms with van der Waals surface area (Å²) >= 11 is 0. The molecule has 2 rings (SSSR count). The average molecular weight is 246 g/mol. The van der Waals surface area contributed by atoms with Crippen LogP contribution in [0.25, 0.3) is 11.3 Å². The van der Waals surface area contributed by atoms with E-state index in [-0.39, 0.29) is 0 Å². The number of nitrogens with two attached hydrogens (primary N) is 1. The monoisotopic (exact) mass is 246 g/mol. The molecule has 0 spiro atoms. The van der Waals surface area contributed by atoms with Gasteiger partial charge in [-0.15, -0.1) is 0 Å². The third kappa shape index (κ3) is 2.72. The zero-order valence-corrected chi connectivity index (χ0v) is 10.3. The first-order valence-electron chi connectivity index (χ1n) is 5.35. The van der Waals surface area contributed by atoms with E-state index in [2.05, 4.69) is 15.0 Å². The lowest BCUT2D eigenvalue weighted by Gasteiger charge is -2.05. The third-order valence-corrected chi connectivity index (χ3v) is 2.31. The molecule has 0 saturated heterocycles. The Morgan fingerprint density at radius 2 is 2.06 bits per heavy atom. The fourth-order valence-electron chi connectivity index (χ4n) is 1.51. The quantitative estimate of drug-likeness (QED) is 0.874. The molecule has 2 heterocycles. The van der Waals surface area contributed by atoms with Gasteiger partial charge in [0, 0.05) is 31.0 Å². The van der Waals surface area contributed by atoms with Crippen LogP contribution in [0.2, 0.25) is 0 Å². The number of nitrogens with zero attached hydrogens (tertiary/aromatic N) is 3.